The Morgan fingerprint density at radius 3 is 2.32 bits per heavy atom. The van der Waals surface area contributed by atoms with Crippen molar-refractivity contribution < 1.29 is 9.53 Å². The first-order valence-electron chi connectivity index (χ1n) is 5.72. The SMILES string of the molecule is Cc1ccc(OC(=O)c2ccc(Cl)c(Cl)c2)cc1C. The molecule has 0 saturated heterocycles. The number of esters is 1. The molecular formula is C15H12Cl2O2. The number of carbonyl (C=O) groups is 1. The van der Waals surface area contributed by atoms with Crippen LogP contribution in [0.1, 0.15) is 21.5 Å². The van der Waals surface area contributed by atoms with E-state index in [1.807, 2.05) is 26.0 Å². The normalized spacial score (nSPS) is 10.3. The van der Waals surface area contributed by atoms with Gasteiger partial charge in [-0.2, -0.15) is 0 Å². The Kier molecular flexibility index (Phi) is 4.13. The van der Waals surface area contributed by atoms with Crippen LogP contribution in [0.2, 0.25) is 10.0 Å². The van der Waals surface area contributed by atoms with Crippen LogP contribution in [0.3, 0.4) is 0 Å². The van der Waals surface area contributed by atoms with Crippen molar-refractivity contribution in [2.45, 2.75) is 13.8 Å². The van der Waals surface area contributed by atoms with Crippen LogP contribution in [0.5, 0.6) is 5.75 Å². The lowest BCUT2D eigenvalue weighted by atomic mass is 10.1. The van der Waals surface area contributed by atoms with Gasteiger partial charge in [0.25, 0.3) is 0 Å². The molecule has 19 heavy (non-hydrogen) atoms. The van der Waals surface area contributed by atoms with Gasteiger partial charge in [0.2, 0.25) is 0 Å². The van der Waals surface area contributed by atoms with Crippen molar-refractivity contribution in [3.05, 3.63) is 63.1 Å². The van der Waals surface area contributed by atoms with Gasteiger partial charge in [0, 0.05) is 0 Å². The number of benzene rings is 2. The average molecular weight is 295 g/mol. The van der Waals surface area contributed by atoms with Crippen molar-refractivity contribution in [3.63, 3.8) is 0 Å². The number of aryl methyl sites for hydroxylation is 2. The molecule has 0 bridgehead atoms. The third-order valence-corrected chi connectivity index (χ3v) is 3.58. The molecule has 0 aliphatic carbocycles. The molecule has 2 nitrogen and oxygen atoms in total. The van der Waals surface area contributed by atoms with Crippen LogP contribution in [0.15, 0.2) is 36.4 Å². The number of ether oxygens (including phenoxy) is 1. The molecule has 4 heteroatoms. The molecule has 0 radical (unpaired) electrons. The highest BCUT2D eigenvalue weighted by Gasteiger charge is 2.11. The van der Waals surface area contributed by atoms with Gasteiger partial charge in [-0.15, -0.1) is 0 Å². The lowest BCUT2D eigenvalue weighted by Gasteiger charge is -2.07. The molecule has 0 spiro atoms. The van der Waals surface area contributed by atoms with Gasteiger partial charge in [-0.1, -0.05) is 29.3 Å². The zero-order chi connectivity index (χ0) is 14.0. The largest absolute Gasteiger partial charge is 0.423 e. The van der Waals surface area contributed by atoms with E-state index < -0.39 is 5.97 Å². The molecule has 0 aliphatic heterocycles. The van der Waals surface area contributed by atoms with E-state index in [9.17, 15) is 4.79 Å². The summed E-state index contributed by atoms with van der Waals surface area (Å²) in [4.78, 5) is 11.9. The van der Waals surface area contributed by atoms with E-state index in [2.05, 4.69) is 0 Å². The Hall–Kier alpha value is -1.51. The minimum Gasteiger partial charge on any atom is -0.423 e. The topological polar surface area (TPSA) is 26.3 Å². The van der Waals surface area contributed by atoms with E-state index in [0.717, 1.165) is 11.1 Å². The molecule has 0 aliphatic rings. The maximum atomic E-state index is 11.9. The van der Waals surface area contributed by atoms with Gasteiger partial charge >= 0.3 is 5.97 Å². The number of hydrogen-bond donors (Lipinski definition) is 0. The van der Waals surface area contributed by atoms with E-state index in [1.165, 1.54) is 6.07 Å². The molecule has 0 amide bonds. The second-order valence-electron chi connectivity index (χ2n) is 4.26. The predicted molar refractivity (Wildman–Crippen MR) is 77.3 cm³/mol. The highest BCUT2D eigenvalue weighted by atomic mass is 35.5. The molecule has 2 aromatic carbocycles. The van der Waals surface area contributed by atoms with Crippen molar-refractivity contribution >= 4 is 29.2 Å². The predicted octanol–water partition coefficient (Wildman–Crippen LogP) is 4.83. The summed E-state index contributed by atoms with van der Waals surface area (Å²) in [7, 11) is 0. The molecule has 0 N–H and O–H groups in total. The molecule has 0 aromatic heterocycles. The van der Waals surface area contributed by atoms with Crippen LogP contribution in [0.4, 0.5) is 0 Å². The zero-order valence-electron chi connectivity index (χ0n) is 10.5. The van der Waals surface area contributed by atoms with Crippen LogP contribution in [-0.2, 0) is 0 Å². The second kappa shape index (κ2) is 5.64. The minimum atomic E-state index is -0.457. The molecule has 0 fully saturated rings. The summed E-state index contributed by atoms with van der Waals surface area (Å²) in [6, 6.07) is 10.1. The number of carbonyl (C=O) groups excluding carboxylic acids is 1. The average Bonchev–Trinajstić information content (AvgIpc) is 2.37. The third kappa shape index (κ3) is 3.28. The monoisotopic (exact) mass is 294 g/mol. The molecule has 98 valence electrons. The van der Waals surface area contributed by atoms with Gasteiger partial charge < -0.3 is 4.74 Å². The maximum absolute atomic E-state index is 11.9. The molecule has 2 aromatic rings. The minimum absolute atomic E-state index is 0.330. The lowest BCUT2D eigenvalue weighted by Crippen LogP contribution is -2.08. The Morgan fingerprint density at radius 1 is 0.947 bits per heavy atom. The van der Waals surface area contributed by atoms with Crippen LogP contribution in [-0.4, -0.2) is 5.97 Å². The van der Waals surface area contributed by atoms with Gasteiger partial charge in [-0.25, -0.2) is 4.79 Å². The van der Waals surface area contributed by atoms with E-state index >= 15 is 0 Å². The smallest absolute Gasteiger partial charge is 0.343 e. The van der Waals surface area contributed by atoms with E-state index in [1.54, 1.807) is 18.2 Å². The Balaban J connectivity index is 2.20. The standard InChI is InChI=1S/C15H12Cl2O2/c1-9-3-5-12(7-10(9)2)19-15(18)11-4-6-13(16)14(17)8-11/h3-8H,1-2H3. The van der Waals surface area contributed by atoms with Crippen LogP contribution >= 0.6 is 23.2 Å². The fourth-order valence-corrected chi connectivity index (χ4v) is 1.86. The first kappa shape index (κ1) is 13.9. The third-order valence-electron chi connectivity index (χ3n) is 2.84. The van der Waals surface area contributed by atoms with Crippen molar-refractivity contribution in [2.75, 3.05) is 0 Å². The highest BCUT2D eigenvalue weighted by molar-refractivity contribution is 6.42. The Morgan fingerprint density at radius 2 is 1.68 bits per heavy atom. The maximum Gasteiger partial charge on any atom is 0.343 e. The highest BCUT2D eigenvalue weighted by Crippen LogP contribution is 2.24. The number of hydrogen-bond acceptors (Lipinski definition) is 2. The summed E-state index contributed by atoms with van der Waals surface area (Å²) in [6.45, 7) is 3.96. The summed E-state index contributed by atoms with van der Waals surface area (Å²) in [5.41, 5.74) is 2.58. The van der Waals surface area contributed by atoms with Gasteiger partial charge in [-0.3, -0.25) is 0 Å². The fraction of sp³-hybridized carbons (Fsp3) is 0.133. The first-order chi connectivity index (χ1) is 8.97. The van der Waals surface area contributed by atoms with E-state index in [4.69, 9.17) is 27.9 Å². The Labute approximate surface area is 121 Å². The van der Waals surface area contributed by atoms with Crippen molar-refractivity contribution in [1.29, 1.82) is 0 Å². The number of rotatable bonds is 2. The van der Waals surface area contributed by atoms with E-state index in [0.29, 0.717) is 21.4 Å². The molecular weight excluding hydrogens is 283 g/mol. The van der Waals surface area contributed by atoms with E-state index in [-0.39, 0.29) is 0 Å². The molecule has 2 rings (SSSR count). The second-order valence-corrected chi connectivity index (χ2v) is 5.08. The lowest BCUT2D eigenvalue weighted by molar-refractivity contribution is 0.0734. The van der Waals surface area contributed by atoms with Gasteiger partial charge in [-0.05, 0) is 55.3 Å². The fourth-order valence-electron chi connectivity index (χ4n) is 1.57. The van der Waals surface area contributed by atoms with Crippen LogP contribution < -0.4 is 4.74 Å². The van der Waals surface area contributed by atoms with Gasteiger partial charge in [0.15, 0.2) is 0 Å². The number of halogens is 2. The summed E-state index contributed by atoms with van der Waals surface area (Å²) < 4.78 is 5.29. The summed E-state index contributed by atoms with van der Waals surface area (Å²) in [5.74, 6) is 0.0565. The summed E-state index contributed by atoms with van der Waals surface area (Å²) in [6.07, 6.45) is 0. The zero-order valence-corrected chi connectivity index (χ0v) is 12.0. The molecule has 0 unspecified atom stereocenters. The summed E-state index contributed by atoms with van der Waals surface area (Å²) >= 11 is 11.7. The van der Waals surface area contributed by atoms with Crippen molar-refractivity contribution in [2.24, 2.45) is 0 Å². The van der Waals surface area contributed by atoms with Crippen LogP contribution in [0.25, 0.3) is 0 Å². The molecule has 0 atom stereocenters. The summed E-state index contributed by atoms with van der Waals surface area (Å²) in [5, 5.41) is 0.737. The van der Waals surface area contributed by atoms with Crippen LogP contribution in [0, 0.1) is 13.8 Å². The molecule has 0 heterocycles. The van der Waals surface area contributed by atoms with Gasteiger partial charge in [0.1, 0.15) is 5.75 Å². The van der Waals surface area contributed by atoms with Gasteiger partial charge in [0.05, 0.1) is 15.6 Å². The Bertz CT molecular complexity index is 636. The van der Waals surface area contributed by atoms with Crippen molar-refractivity contribution in [3.8, 4) is 5.75 Å². The quantitative estimate of drug-likeness (QED) is 0.586. The molecule has 0 saturated carbocycles. The first-order valence-corrected chi connectivity index (χ1v) is 6.47. The van der Waals surface area contributed by atoms with Crippen molar-refractivity contribution in [1.82, 2.24) is 0 Å².